The molecule has 1 heterocycles. The highest BCUT2D eigenvalue weighted by atomic mass is 32.1. The molecule has 100 valence electrons. The van der Waals surface area contributed by atoms with Crippen LogP contribution in [0.2, 0.25) is 0 Å². The van der Waals surface area contributed by atoms with E-state index in [4.69, 9.17) is 18.0 Å². The van der Waals surface area contributed by atoms with Crippen LogP contribution >= 0.6 is 23.6 Å². The third-order valence-corrected chi connectivity index (χ3v) is 4.43. The number of thiophene rings is 1. The zero-order valence-corrected chi connectivity index (χ0v) is 12.7. The minimum Gasteiger partial charge on any atom is -0.392 e. The Morgan fingerprint density at radius 3 is 2.78 bits per heavy atom. The van der Waals surface area contributed by atoms with Crippen molar-refractivity contribution in [3.8, 4) is 0 Å². The summed E-state index contributed by atoms with van der Waals surface area (Å²) in [5.41, 5.74) is 6.15. The number of thiocarbonyl (C=S) groups is 1. The van der Waals surface area contributed by atoms with Crippen molar-refractivity contribution in [2.24, 2.45) is 11.1 Å². The first-order valence-corrected chi connectivity index (χ1v) is 7.37. The molecule has 1 aromatic heterocycles. The number of amides is 1. The van der Waals surface area contributed by atoms with Gasteiger partial charge in [0.1, 0.15) is 0 Å². The molecule has 0 aliphatic rings. The molecule has 0 aliphatic carbocycles. The van der Waals surface area contributed by atoms with Gasteiger partial charge >= 0.3 is 0 Å². The predicted molar refractivity (Wildman–Crippen MR) is 80.8 cm³/mol. The van der Waals surface area contributed by atoms with Crippen LogP contribution in [0.15, 0.2) is 16.8 Å². The van der Waals surface area contributed by atoms with E-state index in [0.717, 1.165) is 6.42 Å². The molecule has 0 aliphatic heterocycles. The third-order valence-electron chi connectivity index (χ3n) is 3.25. The number of hydrogen-bond acceptors (Lipinski definition) is 3. The first kappa shape index (κ1) is 15.1. The summed E-state index contributed by atoms with van der Waals surface area (Å²) in [7, 11) is 0. The van der Waals surface area contributed by atoms with Crippen LogP contribution in [0.25, 0.3) is 0 Å². The van der Waals surface area contributed by atoms with E-state index in [1.165, 1.54) is 5.56 Å². The standard InChI is InChI=1S/C13H20N2OS2/c1-4-13(3,11(14)17)12(16)15-9(2)7-10-5-6-18-8-10/h5-6,8-9H,4,7H2,1-3H3,(H2,14,17)(H,15,16). The van der Waals surface area contributed by atoms with Crippen molar-refractivity contribution in [1.82, 2.24) is 5.32 Å². The Hall–Kier alpha value is -0.940. The molecule has 2 atom stereocenters. The van der Waals surface area contributed by atoms with Gasteiger partial charge in [-0.2, -0.15) is 11.3 Å². The number of carbonyl (C=O) groups is 1. The zero-order chi connectivity index (χ0) is 13.8. The minimum atomic E-state index is -0.752. The molecule has 5 heteroatoms. The number of nitrogens with two attached hydrogens (primary N) is 1. The first-order chi connectivity index (χ1) is 8.40. The van der Waals surface area contributed by atoms with Crippen molar-refractivity contribution in [2.75, 3.05) is 0 Å². The van der Waals surface area contributed by atoms with Crippen LogP contribution in [0.4, 0.5) is 0 Å². The Morgan fingerprint density at radius 2 is 2.33 bits per heavy atom. The van der Waals surface area contributed by atoms with Gasteiger partial charge in [0.05, 0.1) is 10.4 Å². The number of carbonyl (C=O) groups excluding carboxylic acids is 1. The van der Waals surface area contributed by atoms with E-state index in [2.05, 4.69) is 16.8 Å². The summed E-state index contributed by atoms with van der Waals surface area (Å²) in [6.07, 6.45) is 1.44. The van der Waals surface area contributed by atoms with E-state index >= 15 is 0 Å². The van der Waals surface area contributed by atoms with Gasteiger partial charge in [0.15, 0.2) is 0 Å². The fourth-order valence-electron chi connectivity index (χ4n) is 1.64. The summed E-state index contributed by atoms with van der Waals surface area (Å²) < 4.78 is 0. The van der Waals surface area contributed by atoms with Crippen molar-refractivity contribution in [3.63, 3.8) is 0 Å². The van der Waals surface area contributed by atoms with Gasteiger partial charge < -0.3 is 11.1 Å². The minimum absolute atomic E-state index is 0.0762. The Labute approximate surface area is 118 Å². The Bertz CT molecular complexity index is 417. The Kier molecular flexibility index (Phi) is 5.28. The van der Waals surface area contributed by atoms with Crippen molar-refractivity contribution < 1.29 is 4.79 Å². The van der Waals surface area contributed by atoms with Gasteiger partial charge in [-0.3, -0.25) is 4.79 Å². The van der Waals surface area contributed by atoms with Gasteiger partial charge in [0.25, 0.3) is 0 Å². The molecule has 1 amide bonds. The Morgan fingerprint density at radius 1 is 1.67 bits per heavy atom. The largest absolute Gasteiger partial charge is 0.392 e. The first-order valence-electron chi connectivity index (χ1n) is 6.02. The lowest BCUT2D eigenvalue weighted by atomic mass is 9.86. The highest BCUT2D eigenvalue weighted by molar-refractivity contribution is 7.80. The summed E-state index contributed by atoms with van der Waals surface area (Å²) in [5, 5.41) is 7.12. The number of hydrogen-bond donors (Lipinski definition) is 2. The molecule has 1 rings (SSSR count). The second-order valence-corrected chi connectivity index (χ2v) is 5.98. The third kappa shape index (κ3) is 3.53. The van der Waals surface area contributed by atoms with Crippen LogP contribution < -0.4 is 11.1 Å². The molecule has 0 saturated heterocycles. The smallest absolute Gasteiger partial charge is 0.232 e. The van der Waals surface area contributed by atoms with Crippen LogP contribution in [0.3, 0.4) is 0 Å². The van der Waals surface area contributed by atoms with Crippen LogP contribution in [0.1, 0.15) is 32.8 Å². The van der Waals surface area contributed by atoms with Gasteiger partial charge in [-0.05, 0) is 49.1 Å². The molecule has 0 fully saturated rings. The predicted octanol–water partition coefficient (Wildman–Crippen LogP) is 2.50. The lowest BCUT2D eigenvalue weighted by molar-refractivity contribution is -0.127. The SMILES string of the molecule is CCC(C)(C(=O)NC(C)Cc1ccsc1)C(N)=S. The normalized spacial score (nSPS) is 15.7. The maximum absolute atomic E-state index is 12.2. The molecule has 0 saturated carbocycles. The maximum Gasteiger partial charge on any atom is 0.232 e. The van der Waals surface area contributed by atoms with Crippen molar-refractivity contribution >= 4 is 34.5 Å². The molecule has 0 spiro atoms. The van der Waals surface area contributed by atoms with Crippen molar-refractivity contribution in [1.29, 1.82) is 0 Å². The lowest BCUT2D eigenvalue weighted by Gasteiger charge is -2.27. The van der Waals surface area contributed by atoms with Gasteiger partial charge in [-0.25, -0.2) is 0 Å². The highest BCUT2D eigenvalue weighted by Crippen LogP contribution is 2.22. The highest BCUT2D eigenvalue weighted by Gasteiger charge is 2.35. The van der Waals surface area contributed by atoms with E-state index < -0.39 is 5.41 Å². The molecule has 0 aromatic carbocycles. The average Bonchev–Trinajstić information content (AvgIpc) is 2.79. The summed E-state index contributed by atoms with van der Waals surface area (Å²) in [6.45, 7) is 5.70. The summed E-state index contributed by atoms with van der Waals surface area (Å²) in [5.74, 6) is -0.0831. The molecule has 0 radical (unpaired) electrons. The summed E-state index contributed by atoms with van der Waals surface area (Å²) in [6, 6.07) is 2.15. The van der Waals surface area contributed by atoms with E-state index in [1.807, 2.05) is 19.2 Å². The monoisotopic (exact) mass is 284 g/mol. The summed E-state index contributed by atoms with van der Waals surface area (Å²) >= 11 is 6.66. The van der Waals surface area contributed by atoms with E-state index in [1.54, 1.807) is 18.3 Å². The molecule has 3 nitrogen and oxygen atoms in total. The van der Waals surface area contributed by atoms with Gasteiger partial charge in [0.2, 0.25) is 5.91 Å². The van der Waals surface area contributed by atoms with E-state index in [0.29, 0.717) is 6.42 Å². The number of rotatable bonds is 6. The van der Waals surface area contributed by atoms with Crippen LogP contribution in [-0.2, 0) is 11.2 Å². The maximum atomic E-state index is 12.2. The fourth-order valence-corrected chi connectivity index (χ4v) is 2.56. The van der Waals surface area contributed by atoms with Crippen LogP contribution in [0.5, 0.6) is 0 Å². The molecular weight excluding hydrogens is 264 g/mol. The number of nitrogens with one attached hydrogen (secondary N) is 1. The lowest BCUT2D eigenvalue weighted by Crippen LogP contribution is -2.49. The summed E-state index contributed by atoms with van der Waals surface area (Å²) in [4.78, 5) is 12.5. The van der Waals surface area contributed by atoms with Gasteiger partial charge in [0, 0.05) is 6.04 Å². The van der Waals surface area contributed by atoms with Crippen LogP contribution in [0, 0.1) is 5.41 Å². The second-order valence-electron chi connectivity index (χ2n) is 4.76. The topological polar surface area (TPSA) is 55.1 Å². The van der Waals surface area contributed by atoms with E-state index in [-0.39, 0.29) is 16.9 Å². The van der Waals surface area contributed by atoms with Gasteiger partial charge in [-0.15, -0.1) is 0 Å². The second kappa shape index (κ2) is 6.29. The zero-order valence-electron chi connectivity index (χ0n) is 11.0. The van der Waals surface area contributed by atoms with Crippen molar-refractivity contribution in [2.45, 2.75) is 39.7 Å². The van der Waals surface area contributed by atoms with Crippen LogP contribution in [-0.4, -0.2) is 16.9 Å². The van der Waals surface area contributed by atoms with E-state index in [9.17, 15) is 4.79 Å². The quantitative estimate of drug-likeness (QED) is 0.789. The molecule has 2 unspecified atom stereocenters. The van der Waals surface area contributed by atoms with Crippen molar-refractivity contribution in [3.05, 3.63) is 22.4 Å². The average molecular weight is 284 g/mol. The molecule has 18 heavy (non-hydrogen) atoms. The molecule has 3 N–H and O–H groups in total. The molecule has 0 bridgehead atoms. The Balaban J connectivity index is 2.61. The molecular formula is C13H20N2OS2. The molecule has 1 aromatic rings. The fraction of sp³-hybridized carbons (Fsp3) is 0.538. The van der Waals surface area contributed by atoms with Gasteiger partial charge in [-0.1, -0.05) is 19.1 Å².